The van der Waals surface area contributed by atoms with E-state index in [2.05, 4.69) is 30.1 Å². The van der Waals surface area contributed by atoms with Crippen LogP contribution in [0.25, 0.3) is 10.8 Å². The molecule has 2 aromatic heterocycles. The smallest absolute Gasteiger partial charge is 0.269 e. The van der Waals surface area contributed by atoms with Crippen molar-refractivity contribution < 1.29 is 4.52 Å². The highest BCUT2D eigenvalue weighted by atomic mass is 32.1. The number of nitriles is 1. The molecule has 2 heterocycles. The molecule has 1 aliphatic carbocycles. The van der Waals surface area contributed by atoms with E-state index in [1.165, 1.54) is 24.2 Å². The lowest BCUT2D eigenvalue weighted by atomic mass is 9.73. The molecule has 0 N–H and O–H groups in total. The molecule has 0 amide bonds. The number of aromatic nitrogens is 2. The summed E-state index contributed by atoms with van der Waals surface area (Å²) in [5, 5.41) is 15.1. The van der Waals surface area contributed by atoms with Crippen LogP contribution in [-0.2, 0) is 0 Å². The van der Waals surface area contributed by atoms with Crippen LogP contribution < -0.4 is 0 Å². The van der Waals surface area contributed by atoms with Crippen LogP contribution in [0.3, 0.4) is 0 Å². The molecule has 3 rings (SSSR count). The van der Waals surface area contributed by atoms with Gasteiger partial charge >= 0.3 is 0 Å². The zero-order valence-corrected chi connectivity index (χ0v) is 12.5. The molecule has 0 bridgehead atoms. The first-order valence-electron chi connectivity index (χ1n) is 6.91. The van der Waals surface area contributed by atoms with Gasteiger partial charge in [0.2, 0.25) is 0 Å². The molecule has 5 heteroatoms. The van der Waals surface area contributed by atoms with Crippen molar-refractivity contribution in [2.75, 3.05) is 0 Å². The van der Waals surface area contributed by atoms with Crippen LogP contribution in [0, 0.1) is 16.7 Å². The zero-order chi connectivity index (χ0) is 14.2. The predicted octanol–water partition coefficient (Wildman–Crippen LogP) is 4.35. The van der Waals surface area contributed by atoms with Crippen molar-refractivity contribution in [1.82, 2.24) is 10.1 Å². The van der Waals surface area contributed by atoms with Gasteiger partial charge in [-0.3, -0.25) is 0 Å². The van der Waals surface area contributed by atoms with Gasteiger partial charge in [0.1, 0.15) is 10.9 Å². The van der Waals surface area contributed by atoms with Crippen molar-refractivity contribution in [3.05, 3.63) is 22.8 Å². The van der Waals surface area contributed by atoms with Gasteiger partial charge < -0.3 is 4.52 Å². The average molecular weight is 287 g/mol. The molecular formula is C15H17N3OS. The Kier molecular flexibility index (Phi) is 3.35. The topological polar surface area (TPSA) is 62.7 Å². The van der Waals surface area contributed by atoms with E-state index in [-0.39, 0.29) is 0 Å². The second-order valence-corrected chi connectivity index (χ2v) is 7.09. The van der Waals surface area contributed by atoms with Crippen molar-refractivity contribution in [1.29, 1.82) is 5.26 Å². The number of hydrogen-bond donors (Lipinski definition) is 0. The van der Waals surface area contributed by atoms with Gasteiger partial charge in [-0.25, -0.2) is 0 Å². The average Bonchev–Trinajstić information content (AvgIpc) is 3.06. The van der Waals surface area contributed by atoms with Crippen LogP contribution in [0.15, 0.2) is 16.0 Å². The van der Waals surface area contributed by atoms with Gasteiger partial charge in [-0.05, 0) is 42.5 Å². The Morgan fingerprint density at radius 2 is 2.15 bits per heavy atom. The Hall–Kier alpha value is -1.67. The minimum absolute atomic E-state index is 0.394. The third kappa shape index (κ3) is 2.48. The summed E-state index contributed by atoms with van der Waals surface area (Å²) in [5.74, 6) is 1.68. The van der Waals surface area contributed by atoms with Gasteiger partial charge in [-0.1, -0.05) is 19.0 Å². The number of hydrogen-bond acceptors (Lipinski definition) is 5. The fourth-order valence-corrected chi connectivity index (χ4v) is 3.48. The maximum Gasteiger partial charge on any atom is 0.269 e. The first-order valence-corrected chi connectivity index (χ1v) is 7.78. The summed E-state index contributed by atoms with van der Waals surface area (Å²) in [5.41, 5.74) is 1.04. The van der Waals surface area contributed by atoms with E-state index in [4.69, 9.17) is 9.78 Å². The molecule has 0 atom stereocenters. The maximum atomic E-state index is 9.05. The molecule has 2 aromatic rings. The predicted molar refractivity (Wildman–Crippen MR) is 77.3 cm³/mol. The molecule has 104 valence electrons. The summed E-state index contributed by atoms with van der Waals surface area (Å²) in [6.45, 7) is 4.63. The standard InChI is InChI=1S/C15H17N3OS/c1-15(2)6-3-10(4-7-15)13-17-14(19-18-13)12-11(9-16)5-8-20-12/h5,8,10H,3-4,6-7H2,1-2H3. The number of nitrogens with zero attached hydrogens (tertiary/aromatic N) is 3. The highest BCUT2D eigenvalue weighted by Crippen LogP contribution is 2.42. The summed E-state index contributed by atoms with van der Waals surface area (Å²) in [6.07, 6.45) is 4.62. The van der Waals surface area contributed by atoms with Gasteiger partial charge in [0.15, 0.2) is 5.82 Å². The summed E-state index contributed by atoms with van der Waals surface area (Å²) in [4.78, 5) is 5.29. The molecule has 1 fully saturated rings. The summed E-state index contributed by atoms with van der Waals surface area (Å²) < 4.78 is 5.35. The lowest BCUT2D eigenvalue weighted by Gasteiger charge is -2.32. The van der Waals surface area contributed by atoms with Crippen LogP contribution in [-0.4, -0.2) is 10.1 Å². The van der Waals surface area contributed by atoms with E-state index in [1.807, 2.05) is 5.38 Å². The van der Waals surface area contributed by atoms with E-state index in [0.29, 0.717) is 22.8 Å². The van der Waals surface area contributed by atoms with Crippen molar-refractivity contribution in [2.45, 2.75) is 45.4 Å². The minimum atomic E-state index is 0.394. The van der Waals surface area contributed by atoms with Gasteiger partial charge in [0, 0.05) is 5.92 Å². The molecule has 20 heavy (non-hydrogen) atoms. The van der Waals surface area contributed by atoms with Gasteiger partial charge in [0.25, 0.3) is 5.89 Å². The van der Waals surface area contributed by atoms with Crippen LogP contribution in [0.5, 0.6) is 0 Å². The summed E-state index contributed by atoms with van der Waals surface area (Å²) in [6, 6.07) is 3.94. The van der Waals surface area contributed by atoms with Crippen LogP contribution >= 0.6 is 11.3 Å². The second-order valence-electron chi connectivity index (χ2n) is 6.17. The third-order valence-electron chi connectivity index (χ3n) is 4.13. The largest absolute Gasteiger partial charge is 0.333 e. The Balaban J connectivity index is 1.80. The number of rotatable bonds is 2. The van der Waals surface area contributed by atoms with Crippen molar-refractivity contribution in [3.8, 4) is 16.8 Å². The highest BCUT2D eigenvalue weighted by molar-refractivity contribution is 7.13. The summed E-state index contributed by atoms with van der Waals surface area (Å²) in [7, 11) is 0. The van der Waals surface area contributed by atoms with E-state index in [1.54, 1.807) is 6.07 Å². The van der Waals surface area contributed by atoms with Crippen molar-refractivity contribution in [2.24, 2.45) is 5.41 Å². The first kappa shape index (κ1) is 13.3. The quantitative estimate of drug-likeness (QED) is 0.823. The molecular weight excluding hydrogens is 270 g/mol. The molecule has 0 unspecified atom stereocenters. The fourth-order valence-electron chi connectivity index (χ4n) is 2.71. The lowest BCUT2D eigenvalue weighted by molar-refractivity contribution is 0.218. The van der Waals surface area contributed by atoms with Crippen molar-refractivity contribution in [3.63, 3.8) is 0 Å². The second kappa shape index (κ2) is 5.02. The molecule has 0 aliphatic heterocycles. The summed E-state index contributed by atoms with van der Waals surface area (Å²) >= 11 is 1.47. The fraction of sp³-hybridized carbons (Fsp3) is 0.533. The zero-order valence-electron chi connectivity index (χ0n) is 11.7. The van der Waals surface area contributed by atoms with E-state index in [9.17, 15) is 0 Å². The van der Waals surface area contributed by atoms with Gasteiger partial charge in [0.05, 0.1) is 5.56 Å². The maximum absolute atomic E-state index is 9.05. The Morgan fingerprint density at radius 3 is 2.85 bits per heavy atom. The molecule has 0 saturated heterocycles. The van der Waals surface area contributed by atoms with E-state index in [0.717, 1.165) is 23.5 Å². The Morgan fingerprint density at radius 1 is 1.40 bits per heavy atom. The number of thiophene rings is 1. The molecule has 1 aliphatic rings. The minimum Gasteiger partial charge on any atom is -0.333 e. The van der Waals surface area contributed by atoms with Crippen molar-refractivity contribution >= 4 is 11.3 Å². The highest BCUT2D eigenvalue weighted by Gasteiger charge is 2.30. The first-order chi connectivity index (χ1) is 9.59. The Labute approximate surface area is 122 Å². The Bertz CT molecular complexity index is 640. The van der Waals surface area contributed by atoms with E-state index >= 15 is 0 Å². The van der Waals surface area contributed by atoms with Crippen LogP contribution in [0.1, 0.15) is 56.8 Å². The van der Waals surface area contributed by atoms with Crippen LogP contribution in [0.4, 0.5) is 0 Å². The monoisotopic (exact) mass is 287 g/mol. The third-order valence-corrected chi connectivity index (χ3v) is 5.03. The molecule has 0 spiro atoms. The molecule has 4 nitrogen and oxygen atoms in total. The molecule has 0 aromatic carbocycles. The SMILES string of the molecule is CC1(C)CCC(c2noc(-c3sccc3C#N)n2)CC1. The van der Waals surface area contributed by atoms with Gasteiger partial charge in [-0.15, -0.1) is 11.3 Å². The molecule has 0 radical (unpaired) electrons. The molecule has 1 saturated carbocycles. The normalized spacial score (nSPS) is 18.9. The van der Waals surface area contributed by atoms with Gasteiger partial charge in [-0.2, -0.15) is 10.2 Å². The van der Waals surface area contributed by atoms with E-state index < -0.39 is 0 Å². The lowest BCUT2D eigenvalue weighted by Crippen LogP contribution is -2.20. The van der Waals surface area contributed by atoms with Crippen LogP contribution in [0.2, 0.25) is 0 Å².